The van der Waals surface area contributed by atoms with Crippen LogP contribution in [0, 0.1) is 6.92 Å². The highest BCUT2D eigenvalue weighted by molar-refractivity contribution is 7.98. The predicted molar refractivity (Wildman–Crippen MR) is 78.5 cm³/mol. The Hall–Kier alpha value is -1.32. The zero-order valence-electron chi connectivity index (χ0n) is 10.5. The molecule has 0 aliphatic heterocycles. The standard InChI is InChI=1S/C15H18N2S/c1-12-5-4-6-13(9-12)11-18-15(10-16)14-7-2-3-8-17-14/h2-9,15H,10-11,16H2,1H3. The van der Waals surface area contributed by atoms with Crippen LogP contribution in [-0.4, -0.2) is 11.5 Å². The normalized spacial score (nSPS) is 12.3. The molecule has 0 saturated heterocycles. The van der Waals surface area contributed by atoms with Gasteiger partial charge < -0.3 is 5.73 Å². The highest BCUT2D eigenvalue weighted by Gasteiger charge is 2.11. The van der Waals surface area contributed by atoms with E-state index in [0.29, 0.717) is 6.54 Å². The van der Waals surface area contributed by atoms with Crippen LogP contribution in [-0.2, 0) is 5.75 Å². The Morgan fingerprint density at radius 1 is 1.22 bits per heavy atom. The molecule has 1 unspecified atom stereocenters. The number of hydrogen-bond donors (Lipinski definition) is 1. The number of aromatic nitrogens is 1. The van der Waals surface area contributed by atoms with E-state index in [2.05, 4.69) is 36.2 Å². The highest BCUT2D eigenvalue weighted by Crippen LogP contribution is 2.29. The fraction of sp³-hybridized carbons (Fsp3) is 0.267. The summed E-state index contributed by atoms with van der Waals surface area (Å²) in [5, 5.41) is 0.270. The lowest BCUT2D eigenvalue weighted by atomic mass is 10.2. The molecule has 0 aliphatic carbocycles. The van der Waals surface area contributed by atoms with E-state index in [4.69, 9.17) is 5.73 Å². The summed E-state index contributed by atoms with van der Waals surface area (Å²) in [4.78, 5) is 4.38. The summed E-state index contributed by atoms with van der Waals surface area (Å²) in [5.74, 6) is 0.972. The van der Waals surface area contributed by atoms with E-state index in [-0.39, 0.29) is 5.25 Å². The summed E-state index contributed by atoms with van der Waals surface area (Å²) in [6, 6.07) is 14.6. The zero-order chi connectivity index (χ0) is 12.8. The van der Waals surface area contributed by atoms with Gasteiger partial charge in [0.1, 0.15) is 0 Å². The van der Waals surface area contributed by atoms with E-state index < -0.39 is 0 Å². The van der Waals surface area contributed by atoms with Crippen molar-refractivity contribution in [1.29, 1.82) is 0 Å². The second-order valence-corrected chi connectivity index (χ2v) is 5.47. The van der Waals surface area contributed by atoms with Crippen LogP contribution in [0.25, 0.3) is 0 Å². The molecule has 0 aliphatic rings. The topological polar surface area (TPSA) is 38.9 Å². The van der Waals surface area contributed by atoms with Gasteiger partial charge in [-0.2, -0.15) is 0 Å². The van der Waals surface area contributed by atoms with Crippen molar-refractivity contribution in [2.45, 2.75) is 17.9 Å². The maximum Gasteiger partial charge on any atom is 0.0595 e. The molecular weight excluding hydrogens is 240 g/mol. The Bertz CT molecular complexity index is 485. The van der Waals surface area contributed by atoms with Crippen molar-refractivity contribution in [1.82, 2.24) is 4.98 Å². The molecule has 18 heavy (non-hydrogen) atoms. The molecule has 1 atom stereocenters. The van der Waals surface area contributed by atoms with Crippen LogP contribution in [0.2, 0.25) is 0 Å². The molecule has 1 aromatic heterocycles. The van der Waals surface area contributed by atoms with Gasteiger partial charge in [0.25, 0.3) is 0 Å². The SMILES string of the molecule is Cc1cccc(CSC(CN)c2ccccn2)c1. The summed E-state index contributed by atoms with van der Waals surface area (Å²) in [6.07, 6.45) is 1.82. The Labute approximate surface area is 113 Å². The quantitative estimate of drug-likeness (QED) is 0.894. The molecule has 0 spiro atoms. The minimum atomic E-state index is 0.270. The lowest BCUT2D eigenvalue weighted by molar-refractivity contribution is 0.898. The fourth-order valence-electron chi connectivity index (χ4n) is 1.84. The van der Waals surface area contributed by atoms with Gasteiger partial charge in [0.15, 0.2) is 0 Å². The van der Waals surface area contributed by atoms with Gasteiger partial charge in [0.05, 0.1) is 10.9 Å². The van der Waals surface area contributed by atoms with Crippen molar-refractivity contribution >= 4 is 11.8 Å². The summed E-state index contributed by atoms with van der Waals surface area (Å²) < 4.78 is 0. The largest absolute Gasteiger partial charge is 0.329 e. The Morgan fingerprint density at radius 3 is 2.78 bits per heavy atom. The van der Waals surface area contributed by atoms with Gasteiger partial charge in [-0.1, -0.05) is 35.9 Å². The van der Waals surface area contributed by atoms with Gasteiger partial charge in [-0.3, -0.25) is 4.98 Å². The first-order valence-electron chi connectivity index (χ1n) is 6.07. The van der Waals surface area contributed by atoms with Crippen LogP contribution in [0.4, 0.5) is 0 Å². The van der Waals surface area contributed by atoms with E-state index in [9.17, 15) is 0 Å². The predicted octanol–water partition coefficient (Wildman–Crippen LogP) is 3.32. The van der Waals surface area contributed by atoms with Crippen LogP contribution in [0.3, 0.4) is 0 Å². The molecule has 0 radical (unpaired) electrons. The third-order valence-corrected chi connectivity index (χ3v) is 4.10. The molecule has 2 N–H and O–H groups in total. The molecule has 2 nitrogen and oxygen atoms in total. The number of hydrogen-bond acceptors (Lipinski definition) is 3. The minimum Gasteiger partial charge on any atom is -0.329 e. The van der Waals surface area contributed by atoms with E-state index in [1.807, 2.05) is 36.2 Å². The lowest BCUT2D eigenvalue weighted by Gasteiger charge is -2.13. The van der Waals surface area contributed by atoms with Gasteiger partial charge in [0.2, 0.25) is 0 Å². The molecule has 94 valence electrons. The first-order valence-corrected chi connectivity index (χ1v) is 7.12. The van der Waals surface area contributed by atoms with Crippen LogP contribution < -0.4 is 5.73 Å². The van der Waals surface area contributed by atoms with Crippen molar-refractivity contribution in [2.75, 3.05) is 6.54 Å². The second-order valence-electron chi connectivity index (χ2n) is 4.28. The molecule has 1 aromatic carbocycles. The number of thioether (sulfide) groups is 1. The van der Waals surface area contributed by atoms with Crippen LogP contribution in [0.1, 0.15) is 22.1 Å². The molecule has 0 fully saturated rings. The number of nitrogens with two attached hydrogens (primary N) is 1. The fourth-order valence-corrected chi connectivity index (χ4v) is 2.86. The monoisotopic (exact) mass is 258 g/mol. The van der Waals surface area contributed by atoms with Gasteiger partial charge in [-0.25, -0.2) is 0 Å². The van der Waals surface area contributed by atoms with Crippen molar-refractivity contribution in [3.63, 3.8) is 0 Å². The molecule has 0 amide bonds. The van der Waals surface area contributed by atoms with E-state index in [1.54, 1.807) is 0 Å². The molecule has 2 rings (SSSR count). The van der Waals surface area contributed by atoms with Crippen molar-refractivity contribution in [3.8, 4) is 0 Å². The van der Waals surface area contributed by atoms with Crippen LogP contribution in [0.15, 0.2) is 48.7 Å². The lowest BCUT2D eigenvalue weighted by Crippen LogP contribution is -2.10. The minimum absolute atomic E-state index is 0.270. The van der Waals surface area contributed by atoms with E-state index >= 15 is 0 Å². The summed E-state index contributed by atoms with van der Waals surface area (Å²) in [5.41, 5.74) is 9.55. The van der Waals surface area contributed by atoms with E-state index in [0.717, 1.165) is 11.4 Å². The molecule has 0 bridgehead atoms. The first kappa shape index (κ1) is 13.1. The summed E-state index contributed by atoms with van der Waals surface area (Å²) in [6.45, 7) is 2.74. The van der Waals surface area contributed by atoms with Crippen molar-refractivity contribution in [3.05, 3.63) is 65.5 Å². The zero-order valence-corrected chi connectivity index (χ0v) is 11.4. The number of nitrogens with zero attached hydrogens (tertiary/aromatic N) is 1. The maximum absolute atomic E-state index is 5.84. The summed E-state index contributed by atoms with van der Waals surface area (Å²) in [7, 11) is 0. The summed E-state index contributed by atoms with van der Waals surface area (Å²) >= 11 is 1.85. The number of pyridine rings is 1. The molecule has 0 saturated carbocycles. The first-order chi connectivity index (χ1) is 8.79. The average molecular weight is 258 g/mol. The third kappa shape index (κ3) is 3.59. The van der Waals surface area contributed by atoms with Crippen LogP contribution in [0.5, 0.6) is 0 Å². The Kier molecular flexibility index (Phi) is 4.79. The number of rotatable bonds is 5. The van der Waals surface area contributed by atoms with Gasteiger partial charge in [-0.15, -0.1) is 11.8 Å². The molecule has 3 heteroatoms. The van der Waals surface area contributed by atoms with Gasteiger partial charge in [0, 0.05) is 18.5 Å². The van der Waals surface area contributed by atoms with Crippen LogP contribution >= 0.6 is 11.8 Å². The average Bonchev–Trinajstić information content (AvgIpc) is 2.41. The van der Waals surface area contributed by atoms with E-state index in [1.165, 1.54) is 11.1 Å². The van der Waals surface area contributed by atoms with Gasteiger partial charge >= 0.3 is 0 Å². The third-order valence-electron chi connectivity index (χ3n) is 2.77. The Balaban J connectivity index is 2.00. The van der Waals surface area contributed by atoms with Crippen molar-refractivity contribution < 1.29 is 0 Å². The number of benzene rings is 1. The Morgan fingerprint density at radius 2 is 2.11 bits per heavy atom. The molecule has 1 heterocycles. The number of aryl methyl sites for hydroxylation is 1. The second kappa shape index (κ2) is 6.57. The molecular formula is C15H18N2S. The smallest absolute Gasteiger partial charge is 0.0595 e. The van der Waals surface area contributed by atoms with Crippen molar-refractivity contribution in [2.24, 2.45) is 5.73 Å². The van der Waals surface area contributed by atoms with Gasteiger partial charge in [-0.05, 0) is 24.6 Å². The highest BCUT2D eigenvalue weighted by atomic mass is 32.2. The maximum atomic E-state index is 5.84. The molecule has 2 aromatic rings.